The minimum Gasteiger partial charge on any atom is -0.490 e. The zero-order valence-corrected chi connectivity index (χ0v) is 10.6. The molecule has 1 aromatic carbocycles. The summed E-state index contributed by atoms with van der Waals surface area (Å²) in [6.07, 6.45) is 12.3. The standard InChI is InChI=1S/C16H22O/c1-2-8-15(9-3-1)17-16-11-10-13-6-4-5-7-14(13)12-16/h10-12,15H,1-9H2. The molecule has 2 aliphatic rings. The average molecular weight is 230 g/mol. The van der Waals surface area contributed by atoms with Gasteiger partial charge in [0.05, 0.1) is 6.10 Å². The summed E-state index contributed by atoms with van der Waals surface area (Å²) in [6.45, 7) is 0. The molecule has 1 aromatic rings. The monoisotopic (exact) mass is 230 g/mol. The normalized spacial score (nSPS) is 20.9. The van der Waals surface area contributed by atoms with Gasteiger partial charge in [-0.1, -0.05) is 12.5 Å². The van der Waals surface area contributed by atoms with Gasteiger partial charge < -0.3 is 4.74 Å². The van der Waals surface area contributed by atoms with Gasteiger partial charge in [0.25, 0.3) is 0 Å². The van der Waals surface area contributed by atoms with Gasteiger partial charge in [-0.25, -0.2) is 0 Å². The molecule has 0 radical (unpaired) electrons. The molecule has 92 valence electrons. The SMILES string of the molecule is c1cc2c(cc1OC1CCCCC1)CCCC2. The van der Waals surface area contributed by atoms with Gasteiger partial charge in [-0.05, 0) is 74.6 Å². The second kappa shape index (κ2) is 5.12. The Bertz CT molecular complexity index is 377. The van der Waals surface area contributed by atoms with E-state index in [1.807, 2.05) is 0 Å². The summed E-state index contributed by atoms with van der Waals surface area (Å²) in [5.74, 6) is 1.11. The summed E-state index contributed by atoms with van der Waals surface area (Å²) in [5.41, 5.74) is 3.08. The van der Waals surface area contributed by atoms with Gasteiger partial charge in [0.15, 0.2) is 0 Å². The summed E-state index contributed by atoms with van der Waals surface area (Å²) in [5, 5.41) is 0. The fourth-order valence-corrected chi connectivity index (χ4v) is 3.16. The zero-order valence-electron chi connectivity index (χ0n) is 10.6. The van der Waals surface area contributed by atoms with Gasteiger partial charge in [0.2, 0.25) is 0 Å². The number of hydrogen-bond acceptors (Lipinski definition) is 1. The molecule has 0 N–H and O–H groups in total. The lowest BCUT2D eigenvalue weighted by molar-refractivity contribution is 0.155. The van der Waals surface area contributed by atoms with Crippen LogP contribution in [0.1, 0.15) is 56.1 Å². The third-order valence-corrected chi connectivity index (χ3v) is 4.17. The van der Waals surface area contributed by atoms with Crippen LogP contribution < -0.4 is 4.74 Å². The van der Waals surface area contributed by atoms with E-state index in [1.54, 1.807) is 5.56 Å². The predicted molar refractivity (Wildman–Crippen MR) is 70.6 cm³/mol. The lowest BCUT2D eigenvalue weighted by Crippen LogP contribution is -2.19. The molecule has 0 bridgehead atoms. The van der Waals surface area contributed by atoms with E-state index in [4.69, 9.17) is 4.74 Å². The predicted octanol–water partition coefficient (Wildman–Crippen LogP) is 4.28. The number of aryl methyl sites for hydroxylation is 2. The molecule has 0 spiro atoms. The van der Waals surface area contributed by atoms with Crippen LogP contribution in [0.2, 0.25) is 0 Å². The third-order valence-electron chi connectivity index (χ3n) is 4.17. The van der Waals surface area contributed by atoms with Crippen molar-refractivity contribution in [3.05, 3.63) is 29.3 Å². The number of fused-ring (bicyclic) bond motifs is 1. The van der Waals surface area contributed by atoms with Crippen LogP contribution in [0.5, 0.6) is 5.75 Å². The van der Waals surface area contributed by atoms with Crippen LogP contribution >= 0.6 is 0 Å². The zero-order chi connectivity index (χ0) is 11.5. The Labute approximate surface area is 104 Å². The molecule has 2 aliphatic carbocycles. The highest BCUT2D eigenvalue weighted by Crippen LogP contribution is 2.28. The van der Waals surface area contributed by atoms with Gasteiger partial charge in [-0.3, -0.25) is 0 Å². The first-order chi connectivity index (χ1) is 8.42. The smallest absolute Gasteiger partial charge is 0.120 e. The Balaban J connectivity index is 1.70. The fourth-order valence-electron chi connectivity index (χ4n) is 3.16. The largest absolute Gasteiger partial charge is 0.490 e. The topological polar surface area (TPSA) is 9.23 Å². The Morgan fingerprint density at radius 1 is 0.824 bits per heavy atom. The molecule has 0 aliphatic heterocycles. The van der Waals surface area contributed by atoms with Gasteiger partial charge in [-0.15, -0.1) is 0 Å². The molecule has 3 rings (SSSR count). The summed E-state index contributed by atoms with van der Waals surface area (Å²) in [4.78, 5) is 0. The maximum Gasteiger partial charge on any atom is 0.120 e. The van der Waals surface area contributed by atoms with Crippen LogP contribution in [0.3, 0.4) is 0 Å². The lowest BCUT2D eigenvalue weighted by Gasteiger charge is -2.24. The van der Waals surface area contributed by atoms with Crippen molar-refractivity contribution in [3.63, 3.8) is 0 Å². The second-order valence-corrected chi connectivity index (χ2v) is 5.52. The van der Waals surface area contributed by atoms with Crippen molar-refractivity contribution in [1.82, 2.24) is 0 Å². The lowest BCUT2D eigenvalue weighted by atomic mass is 9.91. The van der Waals surface area contributed by atoms with Crippen LogP contribution in [0.4, 0.5) is 0 Å². The number of benzene rings is 1. The average Bonchev–Trinajstić information content (AvgIpc) is 2.40. The first-order valence-corrected chi connectivity index (χ1v) is 7.20. The van der Waals surface area contributed by atoms with E-state index >= 15 is 0 Å². The molecule has 0 aromatic heterocycles. The first-order valence-electron chi connectivity index (χ1n) is 7.20. The maximum absolute atomic E-state index is 6.12. The van der Waals surface area contributed by atoms with Crippen molar-refractivity contribution < 1.29 is 4.74 Å². The van der Waals surface area contributed by atoms with Crippen molar-refractivity contribution in [1.29, 1.82) is 0 Å². The quantitative estimate of drug-likeness (QED) is 0.737. The van der Waals surface area contributed by atoms with Crippen molar-refractivity contribution in [2.24, 2.45) is 0 Å². The van der Waals surface area contributed by atoms with Gasteiger partial charge in [0, 0.05) is 0 Å². The fraction of sp³-hybridized carbons (Fsp3) is 0.625. The highest BCUT2D eigenvalue weighted by molar-refractivity contribution is 5.37. The van der Waals surface area contributed by atoms with Crippen molar-refractivity contribution in [2.45, 2.75) is 63.9 Å². The maximum atomic E-state index is 6.12. The molecule has 0 amide bonds. The van der Waals surface area contributed by atoms with E-state index in [0.29, 0.717) is 6.10 Å². The van der Waals surface area contributed by atoms with Crippen LogP contribution in [-0.4, -0.2) is 6.10 Å². The van der Waals surface area contributed by atoms with E-state index in [-0.39, 0.29) is 0 Å². The van der Waals surface area contributed by atoms with Crippen LogP contribution in [0.15, 0.2) is 18.2 Å². The number of hydrogen-bond donors (Lipinski definition) is 0. The Kier molecular flexibility index (Phi) is 3.35. The Hall–Kier alpha value is -0.980. The molecule has 1 nitrogen and oxygen atoms in total. The molecule has 1 heteroatoms. The van der Waals surface area contributed by atoms with Crippen molar-refractivity contribution >= 4 is 0 Å². The minimum absolute atomic E-state index is 0.477. The molecule has 0 heterocycles. The minimum atomic E-state index is 0.477. The van der Waals surface area contributed by atoms with E-state index < -0.39 is 0 Å². The van der Waals surface area contributed by atoms with Crippen molar-refractivity contribution in [2.75, 3.05) is 0 Å². The second-order valence-electron chi connectivity index (χ2n) is 5.52. The van der Waals surface area contributed by atoms with Crippen molar-refractivity contribution in [3.8, 4) is 5.75 Å². The van der Waals surface area contributed by atoms with Crippen LogP contribution in [0.25, 0.3) is 0 Å². The van der Waals surface area contributed by atoms with Crippen LogP contribution in [0, 0.1) is 0 Å². The number of ether oxygens (including phenoxy) is 1. The van der Waals surface area contributed by atoms with Gasteiger partial charge in [0.1, 0.15) is 5.75 Å². The molecule has 0 atom stereocenters. The summed E-state index contributed by atoms with van der Waals surface area (Å²) >= 11 is 0. The van der Waals surface area contributed by atoms with E-state index in [0.717, 1.165) is 5.75 Å². The third kappa shape index (κ3) is 2.65. The Morgan fingerprint density at radius 3 is 2.41 bits per heavy atom. The summed E-state index contributed by atoms with van der Waals surface area (Å²) < 4.78 is 6.12. The molecule has 17 heavy (non-hydrogen) atoms. The highest BCUT2D eigenvalue weighted by atomic mass is 16.5. The summed E-state index contributed by atoms with van der Waals surface area (Å²) in [6, 6.07) is 6.76. The summed E-state index contributed by atoms with van der Waals surface area (Å²) in [7, 11) is 0. The molecule has 1 saturated carbocycles. The molecular weight excluding hydrogens is 208 g/mol. The molecular formula is C16H22O. The molecule has 0 unspecified atom stereocenters. The van der Waals surface area contributed by atoms with Crippen LogP contribution in [-0.2, 0) is 12.8 Å². The van der Waals surface area contributed by atoms with E-state index in [1.165, 1.54) is 63.4 Å². The highest BCUT2D eigenvalue weighted by Gasteiger charge is 2.16. The van der Waals surface area contributed by atoms with E-state index in [9.17, 15) is 0 Å². The van der Waals surface area contributed by atoms with E-state index in [2.05, 4.69) is 18.2 Å². The first kappa shape index (κ1) is 11.1. The Morgan fingerprint density at radius 2 is 1.59 bits per heavy atom. The molecule has 1 fully saturated rings. The van der Waals surface area contributed by atoms with Gasteiger partial charge >= 0.3 is 0 Å². The van der Waals surface area contributed by atoms with Gasteiger partial charge in [-0.2, -0.15) is 0 Å². The molecule has 0 saturated heterocycles. The number of rotatable bonds is 2.